The molecule has 2 heteroatoms. The smallest absolute Gasteiger partial charge is 0.0728 e. The highest BCUT2D eigenvalue weighted by Gasteiger charge is 2.52. The number of aliphatic imine (C=N–C) groups is 1. The van der Waals surface area contributed by atoms with Crippen LogP contribution in [0.1, 0.15) is 17.2 Å². The lowest BCUT2D eigenvalue weighted by Crippen LogP contribution is -2.22. The van der Waals surface area contributed by atoms with Crippen LogP contribution in [-0.2, 0) is 0 Å². The second-order valence-corrected chi connectivity index (χ2v) is 5.17. The van der Waals surface area contributed by atoms with Gasteiger partial charge in [0, 0.05) is 6.54 Å². The molecular weight excluding hydrogens is 232 g/mol. The van der Waals surface area contributed by atoms with Crippen molar-refractivity contribution in [1.82, 2.24) is 4.90 Å². The minimum atomic E-state index is 0.485. The number of benzene rings is 2. The molecule has 2 nitrogen and oxygen atoms in total. The van der Waals surface area contributed by atoms with Crippen molar-refractivity contribution in [3.63, 3.8) is 0 Å². The van der Waals surface area contributed by atoms with E-state index in [1.54, 1.807) is 0 Å². The number of hydrogen-bond donors (Lipinski definition) is 0. The maximum atomic E-state index is 4.77. The first-order valence-corrected chi connectivity index (χ1v) is 6.85. The third-order valence-electron chi connectivity index (χ3n) is 4.06. The zero-order valence-electron chi connectivity index (χ0n) is 10.7. The van der Waals surface area contributed by atoms with Gasteiger partial charge < -0.3 is 0 Å². The van der Waals surface area contributed by atoms with Crippen molar-refractivity contribution >= 4 is 5.71 Å². The summed E-state index contributed by atoms with van der Waals surface area (Å²) in [4.78, 5) is 7.32. The lowest BCUT2D eigenvalue weighted by atomic mass is 10.0. The lowest BCUT2D eigenvalue weighted by Gasteiger charge is -2.11. The minimum Gasteiger partial charge on any atom is -0.286 e. The van der Waals surface area contributed by atoms with Crippen LogP contribution < -0.4 is 0 Å². The van der Waals surface area contributed by atoms with Crippen molar-refractivity contribution in [3.8, 4) is 0 Å². The Kier molecular flexibility index (Phi) is 2.49. The summed E-state index contributed by atoms with van der Waals surface area (Å²) < 4.78 is 0. The monoisotopic (exact) mass is 248 g/mol. The molecule has 19 heavy (non-hydrogen) atoms. The molecule has 2 aromatic carbocycles. The highest BCUT2D eigenvalue weighted by Crippen LogP contribution is 2.46. The Balaban J connectivity index is 1.67. The largest absolute Gasteiger partial charge is 0.286 e. The molecule has 1 unspecified atom stereocenters. The summed E-state index contributed by atoms with van der Waals surface area (Å²) in [5, 5.41) is 0. The van der Waals surface area contributed by atoms with Gasteiger partial charge in [-0.25, -0.2) is 0 Å². The molecule has 0 aliphatic carbocycles. The molecule has 2 aromatic rings. The van der Waals surface area contributed by atoms with Gasteiger partial charge >= 0.3 is 0 Å². The van der Waals surface area contributed by atoms with Crippen molar-refractivity contribution in [2.75, 3.05) is 13.1 Å². The standard InChI is InChI=1S/C17H16N2/c1-3-7-13(8-4-1)15-17-16(19(17)12-11-18-15)14-9-5-2-6-10-14/h1-10,16-17H,11-12H2/t16-,17-,19?/m1/s1. The highest BCUT2D eigenvalue weighted by molar-refractivity contribution is 6.07. The molecule has 0 N–H and O–H groups in total. The quantitative estimate of drug-likeness (QED) is 0.746. The average Bonchev–Trinajstić information content (AvgIpc) is 3.23. The first kappa shape index (κ1) is 10.9. The van der Waals surface area contributed by atoms with Crippen molar-refractivity contribution in [2.24, 2.45) is 4.99 Å². The summed E-state index contributed by atoms with van der Waals surface area (Å²) in [5.41, 5.74) is 3.95. The Morgan fingerprint density at radius 3 is 2.26 bits per heavy atom. The van der Waals surface area contributed by atoms with E-state index >= 15 is 0 Å². The van der Waals surface area contributed by atoms with Crippen LogP contribution in [0.3, 0.4) is 0 Å². The number of fused-ring (bicyclic) bond motifs is 1. The summed E-state index contributed by atoms with van der Waals surface area (Å²) in [6, 6.07) is 22.4. The molecule has 1 fully saturated rings. The number of nitrogens with zero attached hydrogens (tertiary/aromatic N) is 2. The maximum absolute atomic E-state index is 4.77. The van der Waals surface area contributed by atoms with Crippen LogP contribution in [0.25, 0.3) is 0 Å². The Hall–Kier alpha value is -1.93. The average molecular weight is 248 g/mol. The molecule has 2 heterocycles. The van der Waals surface area contributed by atoms with E-state index in [0.29, 0.717) is 12.1 Å². The van der Waals surface area contributed by atoms with E-state index < -0.39 is 0 Å². The molecule has 0 saturated carbocycles. The van der Waals surface area contributed by atoms with E-state index in [-0.39, 0.29) is 0 Å². The zero-order valence-corrected chi connectivity index (χ0v) is 10.7. The Morgan fingerprint density at radius 1 is 0.842 bits per heavy atom. The van der Waals surface area contributed by atoms with Gasteiger partial charge in [-0.1, -0.05) is 60.7 Å². The molecule has 0 radical (unpaired) electrons. The Bertz CT molecular complexity index is 604. The van der Waals surface area contributed by atoms with Crippen LogP contribution in [0, 0.1) is 0 Å². The second-order valence-electron chi connectivity index (χ2n) is 5.17. The van der Waals surface area contributed by atoms with E-state index in [2.05, 4.69) is 65.6 Å². The molecular formula is C17H16N2. The minimum absolute atomic E-state index is 0.485. The molecule has 2 aliphatic rings. The summed E-state index contributed by atoms with van der Waals surface area (Å²) in [6.07, 6.45) is 0. The molecule has 0 amide bonds. The van der Waals surface area contributed by atoms with Crippen LogP contribution >= 0.6 is 0 Å². The van der Waals surface area contributed by atoms with E-state index in [9.17, 15) is 0 Å². The summed E-state index contributed by atoms with van der Waals surface area (Å²) in [7, 11) is 0. The van der Waals surface area contributed by atoms with Gasteiger partial charge in [-0.3, -0.25) is 9.89 Å². The Morgan fingerprint density at radius 2 is 1.53 bits per heavy atom. The van der Waals surface area contributed by atoms with Crippen molar-refractivity contribution in [2.45, 2.75) is 12.1 Å². The van der Waals surface area contributed by atoms with Gasteiger partial charge in [-0.05, 0) is 11.1 Å². The van der Waals surface area contributed by atoms with E-state index in [1.165, 1.54) is 16.8 Å². The molecule has 2 aliphatic heterocycles. The number of rotatable bonds is 2. The lowest BCUT2D eigenvalue weighted by molar-refractivity contribution is 0.502. The van der Waals surface area contributed by atoms with Crippen LogP contribution in [0.4, 0.5) is 0 Å². The van der Waals surface area contributed by atoms with Crippen LogP contribution in [-0.4, -0.2) is 29.7 Å². The van der Waals surface area contributed by atoms with Gasteiger partial charge in [0.2, 0.25) is 0 Å². The zero-order chi connectivity index (χ0) is 12.7. The maximum Gasteiger partial charge on any atom is 0.0728 e. The topological polar surface area (TPSA) is 15.4 Å². The Labute approximate surface area is 113 Å². The van der Waals surface area contributed by atoms with Gasteiger partial charge in [0.15, 0.2) is 0 Å². The highest BCUT2D eigenvalue weighted by atomic mass is 15.4. The van der Waals surface area contributed by atoms with Crippen LogP contribution in [0.2, 0.25) is 0 Å². The molecule has 0 spiro atoms. The van der Waals surface area contributed by atoms with Crippen LogP contribution in [0.15, 0.2) is 65.7 Å². The fourth-order valence-electron chi connectivity index (χ4n) is 3.14. The van der Waals surface area contributed by atoms with Gasteiger partial charge in [-0.2, -0.15) is 0 Å². The fraction of sp³-hybridized carbons (Fsp3) is 0.235. The third-order valence-corrected chi connectivity index (χ3v) is 4.06. The van der Waals surface area contributed by atoms with Gasteiger partial charge in [-0.15, -0.1) is 0 Å². The SMILES string of the molecule is c1ccc(C2=NCCN3[C@H]2[C@H]3c2ccccc2)cc1. The molecule has 4 rings (SSSR count). The summed E-state index contributed by atoms with van der Waals surface area (Å²) in [6.45, 7) is 2.00. The molecule has 94 valence electrons. The third kappa shape index (κ3) is 1.80. The summed E-state index contributed by atoms with van der Waals surface area (Å²) in [5.74, 6) is 0. The van der Waals surface area contributed by atoms with Crippen molar-refractivity contribution in [1.29, 1.82) is 0 Å². The van der Waals surface area contributed by atoms with Crippen molar-refractivity contribution in [3.05, 3.63) is 71.8 Å². The fourth-order valence-corrected chi connectivity index (χ4v) is 3.14. The predicted molar refractivity (Wildman–Crippen MR) is 77.5 cm³/mol. The van der Waals surface area contributed by atoms with Crippen molar-refractivity contribution < 1.29 is 0 Å². The molecule has 1 saturated heterocycles. The van der Waals surface area contributed by atoms with E-state index in [1.807, 2.05) is 0 Å². The first-order valence-electron chi connectivity index (χ1n) is 6.85. The molecule has 0 aromatic heterocycles. The van der Waals surface area contributed by atoms with E-state index in [4.69, 9.17) is 4.99 Å². The van der Waals surface area contributed by atoms with Gasteiger partial charge in [0.25, 0.3) is 0 Å². The van der Waals surface area contributed by atoms with Gasteiger partial charge in [0.05, 0.1) is 24.3 Å². The molecule has 0 bridgehead atoms. The van der Waals surface area contributed by atoms with E-state index in [0.717, 1.165) is 13.1 Å². The second kappa shape index (κ2) is 4.32. The number of hydrogen-bond acceptors (Lipinski definition) is 2. The predicted octanol–water partition coefficient (Wildman–Crippen LogP) is 2.91. The first-order chi connectivity index (χ1) is 9.45. The normalized spacial score (nSPS) is 28.4. The summed E-state index contributed by atoms with van der Waals surface area (Å²) >= 11 is 0. The molecule has 3 atom stereocenters. The van der Waals surface area contributed by atoms with Gasteiger partial charge in [0.1, 0.15) is 0 Å². The van der Waals surface area contributed by atoms with Crippen LogP contribution in [0.5, 0.6) is 0 Å².